The van der Waals surface area contributed by atoms with Crippen molar-refractivity contribution in [1.29, 1.82) is 0 Å². The van der Waals surface area contributed by atoms with Crippen molar-refractivity contribution in [3.05, 3.63) is 36.9 Å². The van der Waals surface area contributed by atoms with E-state index in [2.05, 4.69) is 25.6 Å². The number of aromatic nitrogens is 4. The van der Waals surface area contributed by atoms with Crippen LogP contribution in [0.5, 0.6) is 5.75 Å². The van der Waals surface area contributed by atoms with E-state index in [9.17, 15) is 0 Å². The normalized spacial score (nSPS) is 16.1. The molecule has 0 bridgehead atoms. The number of methoxy groups -OCH3 is 2. The van der Waals surface area contributed by atoms with Crippen molar-refractivity contribution in [1.82, 2.24) is 24.7 Å². The van der Waals surface area contributed by atoms with Gasteiger partial charge in [-0.2, -0.15) is 0 Å². The Kier molecular flexibility index (Phi) is 6.78. The van der Waals surface area contributed by atoms with Gasteiger partial charge in [0.1, 0.15) is 22.9 Å². The van der Waals surface area contributed by atoms with Crippen LogP contribution in [0.25, 0.3) is 17.0 Å². The SMILES string of the molecule is COC(C)C.COc1ccn2c(-c3cncc(NC4CCNC4)n3)cnc2c1. The molecule has 150 valence electrons. The lowest BCUT2D eigenvalue weighted by atomic mass is 10.2. The smallest absolute Gasteiger partial charge is 0.145 e. The lowest BCUT2D eigenvalue weighted by molar-refractivity contribution is 0.134. The van der Waals surface area contributed by atoms with E-state index >= 15 is 0 Å². The predicted octanol–water partition coefficient (Wildman–Crippen LogP) is 2.61. The van der Waals surface area contributed by atoms with Gasteiger partial charge in [-0.25, -0.2) is 9.97 Å². The van der Waals surface area contributed by atoms with Gasteiger partial charge in [-0.1, -0.05) is 0 Å². The zero-order chi connectivity index (χ0) is 19.9. The third-order valence-electron chi connectivity index (χ3n) is 4.50. The summed E-state index contributed by atoms with van der Waals surface area (Å²) in [5.41, 5.74) is 2.52. The first-order valence-corrected chi connectivity index (χ1v) is 9.44. The number of anilines is 1. The molecule has 28 heavy (non-hydrogen) atoms. The van der Waals surface area contributed by atoms with Crippen LogP contribution in [0.15, 0.2) is 36.9 Å². The van der Waals surface area contributed by atoms with Crippen molar-refractivity contribution < 1.29 is 9.47 Å². The van der Waals surface area contributed by atoms with Gasteiger partial charge in [0.05, 0.1) is 37.5 Å². The summed E-state index contributed by atoms with van der Waals surface area (Å²) in [7, 11) is 3.35. The second-order valence-electron chi connectivity index (χ2n) is 6.85. The highest BCUT2D eigenvalue weighted by atomic mass is 16.5. The molecule has 0 spiro atoms. The second-order valence-corrected chi connectivity index (χ2v) is 6.85. The van der Waals surface area contributed by atoms with Crippen molar-refractivity contribution in [3.8, 4) is 17.1 Å². The van der Waals surface area contributed by atoms with Crippen LogP contribution in [0, 0.1) is 0 Å². The summed E-state index contributed by atoms with van der Waals surface area (Å²) in [5.74, 6) is 1.57. The van der Waals surface area contributed by atoms with Crippen LogP contribution >= 0.6 is 0 Å². The molecule has 1 aliphatic rings. The molecule has 0 saturated carbocycles. The minimum Gasteiger partial charge on any atom is -0.497 e. The average molecular weight is 384 g/mol. The number of rotatable bonds is 5. The van der Waals surface area contributed by atoms with Gasteiger partial charge in [0.25, 0.3) is 0 Å². The Labute approximate surface area is 165 Å². The third-order valence-corrected chi connectivity index (χ3v) is 4.50. The molecule has 0 amide bonds. The summed E-state index contributed by atoms with van der Waals surface area (Å²) >= 11 is 0. The van der Waals surface area contributed by atoms with Gasteiger partial charge in [0.2, 0.25) is 0 Å². The Balaban J connectivity index is 0.000000403. The first kappa shape index (κ1) is 20.0. The highest BCUT2D eigenvalue weighted by Gasteiger charge is 2.15. The van der Waals surface area contributed by atoms with Gasteiger partial charge in [-0.3, -0.25) is 9.38 Å². The first-order chi connectivity index (χ1) is 13.6. The van der Waals surface area contributed by atoms with Crippen molar-refractivity contribution >= 4 is 11.5 Å². The summed E-state index contributed by atoms with van der Waals surface area (Å²) in [4.78, 5) is 13.4. The molecule has 0 radical (unpaired) electrons. The number of nitrogens with one attached hydrogen (secondary N) is 2. The molecule has 4 rings (SSSR count). The fraction of sp³-hybridized carbons (Fsp3) is 0.450. The molecule has 8 heteroatoms. The summed E-state index contributed by atoms with van der Waals surface area (Å²) in [6, 6.07) is 4.20. The van der Waals surface area contributed by atoms with Crippen LogP contribution in [-0.4, -0.2) is 58.8 Å². The molecule has 0 aromatic carbocycles. The molecule has 1 unspecified atom stereocenters. The standard InChI is InChI=1S/C16H18N6O.C4H10O/c1-23-12-3-5-22-14(9-19-16(22)6-12)13-8-18-10-15(21-13)20-11-2-4-17-7-11;1-4(2)5-3/h3,5-6,8-11,17H,2,4,7H2,1H3,(H,20,21);4H,1-3H3. The number of nitrogens with zero attached hydrogens (tertiary/aromatic N) is 4. The number of fused-ring (bicyclic) bond motifs is 1. The molecule has 2 N–H and O–H groups in total. The van der Waals surface area contributed by atoms with Gasteiger partial charge >= 0.3 is 0 Å². The molecular weight excluding hydrogens is 356 g/mol. The maximum absolute atomic E-state index is 5.23. The summed E-state index contributed by atoms with van der Waals surface area (Å²) in [5, 5.41) is 6.76. The molecule has 1 fully saturated rings. The third kappa shape index (κ3) is 4.96. The van der Waals surface area contributed by atoms with E-state index in [0.717, 1.165) is 48.1 Å². The van der Waals surface area contributed by atoms with Crippen molar-refractivity contribution in [2.24, 2.45) is 0 Å². The fourth-order valence-corrected chi connectivity index (χ4v) is 2.82. The van der Waals surface area contributed by atoms with Crippen LogP contribution in [0.4, 0.5) is 5.82 Å². The fourth-order valence-electron chi connectivity index (χ4n) is 2.82. The number of pyridine rings is 1. The Morgan fingerprint density at radius 2 is 2.07 bits per heavy atom. The Hall–Kier alpha value is -2.71. The van der Waals surface area contributed by atoms with E-state index < -0.39 is 0 Å². The van der Waals surface area contributed by atoms with Gasteiger partial charge < -0.3 is 20.1 Å². The van der Waals surface area contributed by atoms with Crippen LogP contribution in [0.1, 0.15) is 20.3 Å². The molecule has 1 atom stereocenters. The van der Waals surface area contributed by atoms with Crippen LogP contribution < -0.4 is 15.4 Å². The summed E-state index contributed by atoms with van der Waals surface area (Å²) < 4.78 is 12.0. The lowest BCUT2D eigenvalue weighted by Gasteiger charge is -2.12. The van der Waals surface area contributed by atoms with E-state index in [4.69, 9.17) is 9.47 Å². The highest BCUT2D eigenvalue weighted by Crippen LogP contribution is 2.22. The topological polar surface area (TPSA) is 85.6 Å². The Bertz CT molecular complexity index is 889. The Morgan fingerprint density at radius 3 is 2.75 bits per heavy atom. The molecule has 4 heterocycles. The minimum absolute atomic E-state index is 0.384. The quantitative estimate of drug-likeness (QED) is 0.699. The zero-order valence-corrected chi connectivity index (χ0v) is 16.8. The van der Waals surface area contributed by atoms with Crippen molar-refractivity contribution in [2.75, 3.05) is 32.6 Å². The largest absolute Gasteiger partial charge is 0.497 e. The summed E-state index contributed by atoms with van der Waals surface area (Å²) in [6.45, 7) is 6.00. The van der Waals surface area contributed by atoms with E-state index in [0.29, 0.717) is 12.1 Å². The minimum atomic E-state index is 0.384. The molecule has 8 nitrogen and oxygen atoms in total. The maximum Gasteiger partial charge on any atom is 0.145 e. The molecule has 3 aromatic rings. The molecule has 3 aromatic heterocycles. The zero-order valence-electron chi connectivity index (χ0n) is 16.8. The number of hydrogen-bond donors (Lipinski definition) is 2. The van der Waals surface area contributed by atoms with Gasteiger partial charge in [0, 0.05) is 32.0 Å². The maximum atomic E-state index is 5.23. The lowest BCUT2D eigenvalue weighted by Crippen LogP contribution is -2.22. The van der Waals surface area contributed by atoms with E-state index in [1.165, 1.54) is 0 Å². The van der Waals surface area contributed by atoms with Crippen LogP contribution in [0.3, 0.4) is 0 Å². The molecule has 1 aliphatic heterocycles. The second kappa shape index (κ2) is 9.48. The van der Waals surface area contributed by atoms with Crippen LogP contribution in [-0.2, 0) is 4.74 Å². The van der Waals surface area contributed by atoms with Crippen molar-refractivity contribution in [2.45, 2.75) is 32.4 Å². The first-order valence-electron chi connectivity index (χ1n) is 9.44. The highest BCUT2D eigenvalue weighted by molar-refractivity contribution is 5.61. The number of ether oxygens (including phenoxy) is 2. The Morgan fingerprint density at radius 1 is 1.25 bits per heavy atom. The monoisotopic (exact) mass is 384 g/mol. The van der Waals surface area contributed by atoms with Gasteiger partial charge in [-0.05, 0) is 32.9 Å². The van der Waals surface area contributed by atoms with Gasteiger partial charge in [0.15, 0.2) is 0 Å². The number of imidazole rings is 1. The van der Waals surface area contributed by atoms with E-state index in [1.807, 2.05) is 36.6 Å². The molecule has 0 aliphatic carbocycles. The summed E-state index contributed by atoms with van der Waals surface area (Å²) in [6.07, 6.45) is 8.73. The van der Waals surface area contributed by atoms with E-state index in [1.54, 1.807) is 32.8 Å². The predicted molar refractivity (Wildman–Crippen MR) is 110 cm³/mol. The average Bonchev–Trinajstić information content (AvgIpc) is 3.37. The molecular formula is C20H28N6O2. The van der Waals surface area contributed by atoms with Crippen molar-refractivity contribution in [3.63, 3.8) is 0 Å². The van der Waals surface area contributed by atoms with Crippen LogP contribution in [0.2, 0.25) is 0 Å². The van der Waals surface area contributed by atoms with Gasteiger partial charge in [-0.15, -0.1) is 0 Å². The molecule has 1 saturated heterocycles. The van der Waals surface area contributed by atoms with E-state index in [-0.39, 0.29) is 0 Å². The number of hydrogen-bond acceptors (Lipinski definition) is 7.